The zero-order chi connectivity index (χ0) is 12.4. The smallest absolute Gasteiger partial charge is 0.125 e. The number of rotatable bonds is 3. The Morgan fingerprint density at radius 2 is 2.24 bits per heavy atom. The highest BCUT2D eigenvalue weighted by Gasteiger charge is 2.24. The van der Waals surface area contributed by atoms with E-state index in [4.69, 9.17) is 0 Å². The van der Waals surface area contributed by atoms with Gasteiger partial charge in [0.1, 0.15) is 5.82 Å². The zero-order valence-corrected chi connectivity index (χ0v) is 11.8. The number of likely N-dealkylation sites (tertiary alicyclic amines) is 1. The van der Waals surface area contributed by atoms with Crippen LogP contribution in [0.5, 0.6) is 0 Å². The number of benzene rings is 1. The van der Waals surface area contributed by atoms with Crippen molar-refractivity contribution in [2.45, 2.75) is 32.4 Å². The molecule has 0 amide bonds. The number of halogens is 2. The highest BCUT2D eigenvalue weighted by molar-refractivity contribution is 9.10. The van der Waals surface area contributed by atoms with E-state index in [-0.39, 0.29) is 5.82 Å². The third-order valence-electron chi connectivity index (χ3n) is 3.24. The molecule has 1 aliphatic heterocycles. The molecule has 0 saturated carbocycles. The predicted octanol–water partition coefficient (Wildman–Crippen LogP) is 3.48. The van der Waals surface area contributed by atoms with E-state index < -0.39 is 0 Å². The Hall–Kier alpha value is -0.610. The maximum atomic E-state index is 13.2. The molecule has 2 nitrogen and oxygen atoms in total. The van der Waals surface area contributed by atoms with Crippen molar-refractivity contribution in [3.63, 3.8) is 0 Å². The molecule has 1 N–H and O–H groups in total. The molecule has 1 heterocycles. The summed E-state index contributed by atoms with van der Waals surface area (Å²) in [4.78, 5) is 2.44. The van der Waals surface area contributed by atoms with Crippen LogP contribution in [0.25, 0.3) is 0 Å². The number of hydrogen-bond acceptors (Lipinski definition) is 2. The quantitative estimate of drug-likeness (QED) is 0.919. The number of hydrogen-bond donors (Lipinski definition) is 1. The summed E-state index contributed by atoms with van der Waals surface area (Å²) in [5.41, 5.74) is 0.848. The lowest BCUT2D eigenvalue weighted by Gasteiger charge is -2.21. The lowest BCUT2D eigenvalue weighted by Crippen LogP contribution is -2.31. The van der Waals surface area contributed by atoms with E-state index in [0.29, 0.717) is 12.1 Å². The fraction of sp³-hybridized carbons (Fsp3) is 0.538. The summed E-state index contributed by atoms with van der Waals surface area (Å²) in [5.74, 6) is -0.200. The maximum absolute atomic E-state index is 13.2. The molecule has 1 atom stereocenters. The van der Waals surface area contributed by atoms with E-state index in [1.165, 1.54) is 6.07 Å². The number of nitrogens with one attached hydrogen (secondary N) is 1. The van der Waals surface area contributed by atoms with E-state index in [0.717, 1.165) is 29.7 Å². The second kappa shape index (κ2) is 5.36. The van der Waals surface area contributed by atoms with Gasteiger partial charge in [0.25, 0.3) is 0 Å². The van der Waals surface area contributed by atoms with Gasteiger partial charge in [0.15, 0.2) is 0 Å². The fourth-order valence-electron chi connectivity index (χ4n) is 2.20. The monoisotopic (exact) mass is 300 g/mol. The van der Waals surface area contributed by atoms with Crippen molar-refractivity contribution in [2.24, 2.45) is 0 Å². The van der Waals surface area contributed by atoms with Gasteiger partial charge in [-0.1, -0.05) is 0 Å². The van der Waals surface area contributed by atoms with E-state index in [1.807, 2.05) is 0 Å². The van der Waals surface area contributed by atoms with Crippen molar-refractivity contribution in [1.82, 2.24) is 4.90 Å². The zero-order valence-electron chi connectivity index (χ0n) is 10.2. The van der Waals surface area contributed by atoms with Crippen LogP contribution in [0.4, 0.5) is 10.1 Å². The first-order valence-electron chi connectivity index (χ1n) is 6.02. The standard InChI is InChI=1S/C13H18BrFN2/c1-9(2)17-6-5-11(8-17)16-13-7-10(15)3-4-12(13)14/h3-4,7,9,11,16H,5-6,8H2,1-2H3. The highest BCUT2D eigenvalue weighted by Crippen LogP contribution is 2.25. The van der Waals surface area contributed by atoms with Crippen LogP contribution in [0.1, 0.15) is 20.3 Å². The van der Waals surface area contributed by atoms with E-state index in [1.54, 1.807) is 12.1 Å². The minimum atomic E-state index is -0.200. The summed E-state index contributed by atoms with van der Waals surface area (Å²) in [6.07, 6.45) is 1.11. The van der Waals surface area contributed by atoms with Crippen molar-refractivity contribution in [2.75, 3.05) is 18.4 Å². The highest BCUT2D eigenvalue weighted by atomic mass is 79.9. The van der Waals surface area contributed by atoms with Crippen LogP contribution in [-0.2, 0) is 0 Å². The van der Waals surface area contributed by atoms with Crippen LogP contribution in [0.3, 0.4) is 0 Å². The molecule has 0 bridgehead atoms. The molecule has 4 heteroatoms. The molecule has 1 aromatic carbocycles. The molecule has 17 heavy (non-hydrogen) atoms. The Kier molecular flexibility index (Phi) is 4.05. The van der Waals surface area contributed by atoms with Gasteiger partial charge in [0.2, 0.25) is 0 Å². The lowest BCUT2D eigenvalue weighted by molar-refractivity contribution is 0.274. The lowest BCUT2D eigenvalue weighted by atomic mass is 10.2. The van der Waals surface area contributed by atoms with Crippen LogP contribution >= 0.6 is 15.9 Å². The summed E-state index contributed by atoms with van der Waals surface area (Å²) in [6.45, 7) is 6.56. The van der Waals surface area contributed by atoms with Gasteiger partial charge in [-0.15, -0.1) is 0 Å². The Morgan fingerprint density at radius 1 is 1.47 bits per heavy atom. The van der Waals surface area contributed by atoms with Crippen LogP contribution in [0, 0.1) is 5.82 Å². The fourth-order valence-corrected chi connectivity index (χ4v) is 2.56. The molecular weight excluding hydrogens is 283 g/mol. The molecule has 94 valence electrons. The van der Waals surface area contributed by atoms with Gasteiger partial charge in [-0.25, -0.2) is 4.39 Å². The van der Waals surface area contributed by atoms with Crippen LogP contribution in [0.2, 0.25) is 0 Å². The number of anilines is 1. The van der Waals surface area contributed by atoms with E-state index in [9.17, 15) is 4.39 Å². The molecule has 1 unspecified atom stereocenters. The Bertz CT molecular complexity index is 395. The molecule has 2 rings (SSSR count). The summed E-state index contributed by atoms with van der Waals surface area (Å²) >= 11 is 3.44. The van der Waals surface area contributed by atoms with Gasteiger partial charge in [0.05, 0.1) is 5.69 Å². The van der Waals surface area contributed by atoms with Crippen molar-refractivity contribution in [3.05, 3.63) is 28.5 Å². The molecule has 1 aromatic rings. The third-order valence-corrected chi connectivity index (χ3v) is 3.93. The first kappa shape index (κ1) is 12.8. The second-order valence-corrected chi connectivity index (χ2v) is 5.70. The van der Waals surface area contributed by atoms with Crippen molar-refractivity contribution in [3.8, 4) is 0 Å². The summed E-state index contributed by atoms with van der Waals surface area (Å²) in [5, 5.41) is 3.41. The first-order valence-corrected chi connectivity index (χ1v) is 6.81. The van der Waals surface area contributed by atoms with Gasteiger partial charge in [-0.2, -0.15) is 0 Å². The summed E-state index contributed by atoms with van der Waals surface area (Å²) < 4.78 is 14.1. The normalized spacial score (nSPS) is 21.1. The topological polar surface area (TPSA) is 15.3 Å². The molecule has 0 aliphatic carbocycles. The Labute approximate surface area is 110 Å². The van der Waals surface area contributed by atoms with E-state index >= 15 is 0 Å². The molecule has 0 radical (unpaired) electrons. The molecule has 0 spiro atoms. The van der Waals surface area contributed by atoms with Crippen LogP contribution in [0.15, 0.2) is 22.7 Å². The van der Waals surface area contributed by atoms with Crippen molar-refractivity contribution in [1.29, 1.82) is 0 Å². The molecule has 1 fully saturated rings. The van der Waals surface area contributed by atoms with Gasteiger partial charge in [0, 0.05) is 29.6 Å². The van der Waals surface area contributed by atoms with Crippen molar-refractivity contribution >= 4 is 21.6 Å². The minimum Gasteiger partial charge on any atom is -0.380 e. The molecular formula is C13H18BrFN2. The summed E-state index contributed by atoms with van der Waals surface area (Å²) in [6, 6.07) is 5.74. The average Bonchev–Trinajstić information content (AvgIpc) is 2.72. The number of nitrogens with zero attached hydrogens (tertiary/aromatic N) is 1. The maximum Gasteiger partial charge on any atom is 0.125 e. The van der Waals surface area contributed by atoms with Crippen LogP contribution < -0.4 is 5.32 Å². The molecule has 1 saturated heterocycles. The predicted molar refractivity (Wildman–Crippen MR) is 72.8 cm³/mol. The summed E-state index contributed by atoms with van der Waals surface area (Å²) in [7, 11) is 0. The molecule has 0 aromatic heterocycles. The minimum absolute atomic E-state index is 0.200. The Balaban J connectivity index is 2.00. The second-order valence-electron chi connectivity index (χ2n) is 4.84. The molecule has 1 aliphatic rings. The average molecular weight is 301 g/mol. The van der Waals surface area contributed by atoms with Gasteiger partial charge in [-0.3, -0.25) is 4.90 Å². The Morgan fingerprint density at radius 3 is 2.88 bits per heavy atom. The van der Waals surface area contributed by atoms with Crippen LogP contribution in [-0.4, -0.2) is 30.1 Å². The van der Waals surface area contributed by atoms with Gasteiger partial charge >= 0.3 is 0 Å². The third kappa shape index (κ3) is 3.19. The SMILES string of the molecule is CC(C)N1CCC(Nc2cc(F)ccc2Br)C1. The first-order chi connectivity index (χ1) is 8.06. The van der Waals surface area contributed by atoms with Gasteiger partial charge < -0.3 is 5.32 Å². The largest absolute Gasteiger partial charge is 0.380 e. The van der Waals surface area contributed by atoms with Crippen molar-refractivity contribution < 1.29 is 4.39 Å². The van der Waals surface area contributed by atoms with E-state index in [2.05, 4.69) is 40.0 Å². The van der Waals surface area contributed by atoms with Gasteiger partial charge in [-0.05, 0) is 54.4 Å².